The van der Waals surface area contributed by atoms with Crippen LogP contribution in [0.15, 0.2) is 29.4 Å². The van der Waals surface area contributed by atoms with Crippen LogP contribution >= 0.6 is 0 Å². The first-order chi connectivity index (χ1) is 8.26. The van der Waals surface area contributed by atoms with Gasteiger partial charge in [-0.3, -0.25) is 9.59 Å². The van der Waals surface area contributed by atoms with Gasteiger partial charge in [-0.15, -0.1) is 0 Å². The van der Waals surface area contributed by atoms with Gasteiger partial charge in [0.1, 0.15) is 0 Å². The Morgan fingerprint density at radius 1 is 1.35 bits per heavy atom. The molecular formula is C11H14N4O2. The van der Waals surface area contributed by atoms with E-state index in [1.54, 1.807) is 0 Å². The maximum absolute atomic E-state index is 11.0. The predicted molar refractivity (Wildman–Crippen MR) is 64.1 cm³/mol. The Morgan fingerprint density at radius 2 is 2.06 bits per heavy atom. The summed E-state index contributed by atoms with van der Waals surface area (Å²) in [5.74, 6) is -0.382. The molecule has 0 saturated carbocycles. The molecule has 2 amide bonds. The summed E-state index contributed by atoms with van der Waals surface area (Å²) in [4.78, 5) is 21.0. The summed E-state index contributed by atoms with van der Waals surface area (Å²) in [5, 5.41) is 5.97. The molecule has 0 fully saturated rings. The van der Waals surface area contributed by atoms with Gasteiger partial charge in [-0.1, -0.05) is 24.3 Å². The van der Waals surface area contributed by atoms with Crippen molar-refractivity contribution >= 4 is 18.5 Å². The standard InChI is InChI=1S/C11H14N4O2/c12-5-9-1-3-10(4-2-9)6-14-15-11(17)7-13-8-16/h1-4,6,8H,5,7,12H2,(H,13,16)(H,15,17)/b14-6+. The van der Waals surface area contributed by atoms with E-state index in [0.717, 1.165) is 11.1 Å². The first-order valence-electron chi connectivity index (χ1n) is 5.04. The van der Waals surface area contributed by atoms with Gasteiger partial charge in [0.15, 0.2) is 0 Å². The molecule has 1 rings (SSSR count). The Bertz CT molecular complexity index is 400. The third-order valence-corrected chi connectivity index (χ3v) is 1.96. The number of carbonyl (C=O) groups excluding carboxylic acids is 2. The van der Waals surface area contributed by atoms with Crippen molar-refractivity contribution in [1.82, 2.24) is 10.7 Å². The molecule has 0 radical (unpaired) electrons. The van der Waals surface area contributed by atoms with Gasteiger partial charge in [-0.2, -0.15) is 5.10 Å². The molecule has 1 aromatic carbocycles. The van der Waals surface area contributed by atoms with Crippen LogP contribution in [0, 0.1) is 0 Å². The summed E-state index contributed by atoms with van der Waals surface area (Å²) in [7, 11) is 0. The molecule has 0 atom stereocenters. The number of amides is 2. The van der Waals surface area contributed by atoms with Crippen molar-refractivity contribution in [2.24, 2.45) is 10.8 Å². The SMILES string of the molecule is NCc1ccc(/C=N/NC(=O)CNC=O)cc1. The summed E-state index contributed by atoms with van der Waals surface area (Å²) < 4.78 is 0. The van der Waals surface area contributed by atoms with Crippen molar-refractivity contribution in [2.45, 2.75) is 6.54 Å². The Kier molecular flexibility index (Phi) is 5.39. The molecule has 90 valence electrons. The monoisotopic (exact) mass is 234 g/mol. The van der Waals surface area contributed by atoms with Gasteiger partial charge < -0.3 is 11.1 Å². The summed E-state index contributed by atoms with van der Waals surface area (Å²) in [6, 6.07) is 7.47. The summed E-state index contributed by atoms with van der Waals surface area (Å²) in [5.41, 5.74) is 9.62. The van der Waals surface area contributed by atoms with E-state index in [9.17, 15) is 9.59 Å². The number of rotatable bonds is 6. The average molecular weight is 234 g/mol. The van der Waals surface area contributed by atoms with Gasteiger partial charge in [0, 0.05) is 6.54 Å². The van der Waals surface area contributed by atoms with Crippen molar-refractivity contribution in [1.29, 1.82) is 0 Å². The lowest BCUT2D eigenvalue weighted by Crippen LogP contribution is -2.30. The summed E-state index contributed by atoms with van der Waals surface area (Å²) in [6.45, 7) is 0.401. The zero-order valence-electron chi connectivity index (χ0n) is 9.22. The molecule has 0 saturated heterocycles. The van der Waals surface area contributed by atoms with E-state index in [1.807, 2.05) is 24.3 Å². The maximum atomic E-state index is 11.0. The van der Waals surface area contributed by atoms with E-state index in [-0.39, 0.29) is 12.5 Å². The minimum Gasteiger partial charge on any atom is -0.350 e. The second kappa shape index (κ2) is 7.13. The van der Waals surface area contributed by atoms with Crippen molar-refractivity contribution in [3.8, 4) is 0 Å². The van der Waals surface area contributed by atoms with Gasteiger partial charge in [-0.05, 0) is 11.1 Å². The molecule has 0 unspecified atom stereocenters. The number of hydrazone groups is 1. The second-order valence-corrected chi connectivity index (χ2v) is 3.24. The Labute approximate surface area is 98.9 Å². The molecule has 0 aliphatic heterocycles. The first kappa shape index (κ1) is 12.9. The number of hydrogen-bond acceptors (Lipinski definition) is 4. The second-order valence-electron chi connectivity index (χ2n) is 3.24. The summed E-state index contributed by atoms with van der Waals surface area (Å²) >= 11 is 0. The maximum Gasteiger partial charge on any atom is 0.259 e. The van der Waals surface area contributed by atoms with Crippen molar-refractivity contribution in [2.75, 3.05) is 6.54 Å². The van der Waals surface area contributed by atoms with Crippen LogP contribution in [-0.4, -0.2) is 25.1 Å². The van der Waals surface area contributed by atoms with E-state index >= 15 is 0 Å². The fraction of sp³-hybridized carbons (Fsp3) is 0.182. The lowest BCUT2D eigenvalue weighted by molar-refractivity contribution is -0.122. The van der Waals surface area contributed by atoms with E-state index < -0.39 is 0 Å². The highest BCUT2D eigenvalue weighted by Gasteiger charge is 1.95. The molecular weight excluding hydrogens is 220 g/mol. The van der Waals surface area contributed by atoms with E-state index in [4.69, 9.17) is 5.73 Å². The van der Waals surface area contributed by atoms with Crippen molar-refractivity contribution in [3.05, 3.63) is 35.4 Å². The fourth-order valence-electron chi connectivity index (χ4n) is 1.09. The van der Waals surface area contributed by atoms with E-state index in [1.165, 1.54) is 6.21 Å². The minimum atomic E-state index is -0.382. The highest BCUT2D eigenvalue weighted by Crippen LogP contribution is 2.00. The van der Waals surface area contributed by atoms with E-state index in [2.05, 4.69) is 15.8 Å². The van der Waals surface area contributed by atoms with Crippen LogP contribution in [0.5, 0.6) is 0 Å². The predicted octanol–water partition coefficient (Wildman–Crippen LogP) is -0.659. The largest absolute Gasteiger partial charge is 0.350 e. The van der Waals surface area contributed by atoms with Gasteiger partial charge in [0.05, 0.1) is 12.8 Å². The average Bonchev–Trinajstić information content (AvgIpc) is 2.37. The number of nitrogens with one attached hydrogen (secondary N) is 2. The number of hydrogen-bond donors (Lipinski definition) is 3. The topological polar surface area (TPSA) is 96.6 Å². The highest BCUT2D eigenvalue weighted by molar-refractivity contribution is 5.83. The number of benzene rings is 1. The molecule has 6 nitrogen and oxygen atoms in total. The van der Waals surface area contributed by atoms with Crippen molar-refractivity contribution in [3.63, 3.8) is 0 Å². The van der Waals surface area contributed by atoms with E-state index in [0.29, 0.717) is 13.0 Å². The Hall–Kier alpha value is -2.21. The third-order valence-electron chi connectivity index (χ3n) is 1.96. The van der Waals surface area contributed by atoms with Crippen LogP contribution in [0.25, 0.3) is 0 Å². The summed E-state index contributed by atoms with van der Waals surface area (Å²) in [6.07, 6.45) is 1.97. The van der Waals surface area contributed by atoms with Gasteiger partial charge in [0.25, 0.3) is 5.91 Å². The molecule has 0 spiro atoms. The number of carbonyl (C=O) groups is 2. The number of nitrogens with two attached hydrogens (primary N) is 1. The molecule has 6 heteroatoms. The molecule has 0 aromatic heterocycles. The zero-order valence-corrected chi connectivity index (χ0v) is 9.22. The lowest BCUT2D eigenvalue weighted by atomic mass is 10.1. The van der Waals surface area contributed by atoms with Gasteiger partial charge >= 0.3 is 0 Å². The number of nitrogens with zero attached hydrogens (tertiary/aromatic N) is 1. The minimum absolute atomic E-state index is 0.0903. The van der Waals surface area contributed by atoms with Crippen LogP contribution in [0.2, 0.25) is 0 Å². The van der Waals surface area contributed by atoms with Crippen LogP contribution in [0.3, 0.4) is 0 Å². The van der Waals surface area contributed by atoms with Crippen molar-refractivity contribution < 1.29 is 9.59 Å². The molecule has 1 aromatic rings. The normalized spacial score (nSPS) is 10.2. The Morgan fingerprint density at radius 3 is 2.65 bits per heavy atom. The fourth-order valence-corrected chi connectivity index (χ4v) is 1.09. The quantitative estimate of drug-likeness (QED) is 0.346. The van der Waals surface area contributed by atoms with Crippen LogP contribution in [0.4, 0.5) is 0 Å². The Balaban J connectivity index is 2.42. The van der Waals surface area contributed by atoms with Crippen LogP contribution < -0.4 is 16.5 Å². The first-order valence-corrected chi connectivity index (χ1v) is 5.04. The molecule has 0 bridgehead atoms. The van der Waals surface area contributed by atoms with Crippen LogP contribution in [-0.2, 0) is 16.1 Å². The molecule has 0 aliphatic rings. The van der Waals surface area contributed by atoms with Crippen LogP contribution in [0.1, 0.15) is 11.1 Å². The van der Waals surface area contributed by atoms with Gasteiger partial charge in [-0.25, -0.2) is 5.43 Å². The molecule has 4 N–H and O–H groups in total. The third kappa shape index (κ3) is 4.89. The molecule has 0 aliphatic carbocycles. The van der Waals surface area contributed by atoms with Gasteiger partial charge in [0.2, 0.25) is 6.41 Å². The smallest absolute Gasteiger partial charge is 0.259 e. The molecule has 17 heavy (non-hydrogen) atoms. The molecule has 0 heterocycles. The zero-order chi connectivity index (χ0) is 12.5. The highest BCUT2D eigenvalue weighted by atomic mass is 16.2. The lowest BCUT2D eigenvalue weighted by Gasteiger charge is -1.98.